The fourth-order valence-electron chi connectivity index (χ4n) is 2.60. The highest BCUT2D eigenvalue weighted by atomic mass is 32.2. The highest BCUT2D eigenvalue weighted by molar-refractivity contribution is 7.89. The van der Waals surface area contributed by atoms with Gasteiger partial charge < -0.3 is 9.72 Å². The third-order valence-electron chi connectivity index (χ3n) is 3.98. The average molecular weight is 373 g/mol. The van der Waals surface area contributed by atoms with Crippen LogP contribution in [0.1, 0.15) is 25.1 Å². The molecule has 0 aliphatic carbocycles. The number of hydrogen-bond donors (Lipinski definition) is 1. The van der Waals surface area contributed by atoms with E-state index >= 15 is 0 Å². The molecule has 1 aromatic heterocycles. The van der Waals surface area contributed by atoms with Gasteiger partial charge in [-0.3, -0.25) is 0 Å². The second-order valence-corrected chi connectivity index (χ2v) is 7.51. The Labute approximate surface area is 152 Å². The molecule has 0 bridgehead atoms. The van der Waals surface area contributed by atoms with Gasteiger partial charge in [0.2, 0.25) is 15.9 Å². The first kappa shape index (κ1) is 18.1. The van der Waals surface area contributed by atoms with E-state index < -0.39 is 16.0 Å². The molecular formula is C18H19N3O4S. The van der Waals surface area contributed by atoms with Crippen LogP contribution in [0.5, 0.6) is 0 Å². The van der Waals surface area contributed by atoms with Crippen molar-refractivity contribution in [2.45, 2.75) is 18.7 Å². The lowest BCUT2D eigenvalue weighted by Gasteiger charge is -2.18. The quantitative estimate of drug-likeness (QED) is 0.622. The van der Waals surface area contributed by atoms with E-state index in [9.17, 15) is 13.2 Å². The van der Waals surface area contributed by atoms with Gasteiger partial charge >= 0.3 is 5.97 Å². The van der Waals surface area contributed by atoms with Gasteiger partial charge in [-0.1, -0.05) is 13.8 Å². The number of nitrogens with zero attached hydrogens (tertiary/aromatic N) is 2. The Hall–Kier alpha value is -2.71. The van der Waals surface area contributed by atoms with E-state index in [4.69, 9.17) is 4.74 Å². The zero-order chi connectivity index (χ0) is 18.7. The number of nitrogens with one attached hydrogen (secondary N) is 1. The van der Waals surface area contributed by atoms with Crippen molar-refractivity contribution < 1.29 is 17.9 Å². The topological polar surface area (TPSA) is 91.8 Å². The van der Waals surface area contributed by atoms with Crippen molar-refractivity contribution in [3.05, 3.63) is 59.5 Å². The predicted octanol–water partition coefficient (Wildman–Crippen LogP) is 2.39. The summed E-state index contributed by atoms with van der Waals surface area (Å²) in [6, 6.07) is 9.77. The predicted molar refractivity (Wildman–Crippen MR) is 97.9 cm³/mol. The van der Waals surface area contributed by atoms with Gasteiger partial charge in [0.05, 0.1) is 4.90 Å². The number of aromatic amines is 1. The molecule has 2 heterocycles. The summed E-state index contributed by atoms with van der Waals surface area (Å²) in [6.45, 7) is 4.38. The molecule has 1 aliphatic rings. The first-order valence-electron chi connectivity index (χ1n) is 8.22. The van der Waals surface area contributed by atoms with Gasteiger partial charge in [0.1, 0.15) is 0 Å². The zero-order valence-corrected chi connectivity index (χ0v) is 15.3. The van der Waals surface area contributed by atoms with E-state index in [2.05, 4.69) is 9.98 Å². The standard InChI is InChI=1S/C18H19N3O4S/c1-3-21(4-2)26(23,24)15-9-7-13(8-10-15)17-20-16(18(22)25-17)12-14-6-5-11-19-14/h5-12,19H,3-4H2,1-2H3. The molecule has 26 heavy (non-hydrogen) atoms. The Balaban J connectivity index is 1.87. The van der Waals surface area contributed by atoms with Crippen molar-refractivity contribution in [2.75, 3.05) is 13.1 Å². The highest BCUT2D eigenvalue weighted by Gasteiger charge is 2.26. The molecule has 0 radical (unpaired) electrons. The summed E-state index contributed by atoms with van der Waals surface area (Å²) in [5, 5.41) is 0. The Morgan fingerprint density at radius 3 is 2.42 bits per heavy atom. The van der Waals surface area contributed by atoms with Crippen LogP contribution in [-0.2, 0) is 19.6 Å². The number of sulfonamides is 1. The van der Waals surface area contributed by atoms with Crippen molar-refractivity contribution in [3.63, 3.8) is 0 Å². The fraction of sp³-hybridized carbons (Fsp3) is 0.222. The summed E-state index contributed by atoms with van der Waals surface area (Å²) in [7, 11) is -3.53. The number of H-pyrrole nitrogens is 1. The number of carbonyl (C=O) groups excluding carboxylic acids is 1. The summed E-state index contributed by atoms with van der Waals surface area (Å²) in [4.78, 5) is 19.3. The second-order valence-electron chi connectivity index (χ2n) is 5.58. The fourth-order valence-corrected chi connectivity index (χ4v) is 4.05. The molecule has 1 aromatic carbocycles. The third-order valence-corrected chi connectivity index (χ3v) is 6.04. The molecule has 0 spiro atoms. The zero-order valence-electron chi connectivity index (χ0n) is 14.5. The first-order chi connectivity index (χ1) is 12.5. The molecule has 8 heteroatoms. The summed E-state index contributed by atoms with van der Waals surface area (Å²) in [6.07, 6.45) is 3.33. The second kappa shape index (κ2) is 7.27. The van der Waals surface area contributed by atoms with Crippen molar-refractivity contribution in [3.8, 4) is 0 Å². The average Bonchev–Trinajstić information content (AvgIpc) is 3.26. The van der Waals surface area contributed by atoms with Crippen molar-refractivity contribution in [1.29, 1.82) is 0 Å². The lowest BCUT2D eigenvalue weighted by Crippen LogP contribution is -2.30. The van der Waals surface area contributed by atoms with Crippen LogP contribution in [0.15, 0.2) is 58.2 Å². The number of cyclic esters (lactones) is 1. The molecule has 136 valence electrons. The van der Waals surface area contributed by atoms with Crippen molar-refractivity contribution >= 4 is 28.0 Å². The van der Waals surface area contributed by atoms with Crippen LogP contribution in [0.2, 0.25) is 0 Å². The smallest absolute Gasteiger partial charge is 0.363 e. The minimum Gasteiger partial charge on any atom is -0.402 e. The van der Waals surface area contributed by atoms with Gasteiger partial charge in [-0.2, -0.15) is 4.31 Å². The van der Waals surface area contributed by atoms with E-state index in [1.807, 2.05) is 6.07 Å². The summed E-state index contributed by atoms with van der Waals surface area (Å²) < 4.78 is 31.6. The minimum atomic E-state index is -3.53. The van der Waals surface area contributed by atoms with Crippen LogP contribution >= 0.6 is 0 Å². The van der Waals surface area contributed by atoms with Crippen molar-refractivity contribution in [1.82, 2.24) is 9.29 Å². The van der Waals surface area contributed by atoms with Crippen LogP contribution in [0.4, 0.5) is 0 Å². The number of carbonyl (C=O) groups is 1. The lowest BCUT2D eigenvalue weighted by atomic mass is 10.2. The van der Waals surface area contributed by atoms with Crippen LogP contribution in [0.25, 0.3) is 6.08 Å². The highest BCUT2D eigenvalue weighted by Crippen LogP contribution is 2.21. The van der Waals surface area contributed by atoms with Crippen LogP contribution in [0.3, 0.4) is 0 Å². The van der Waals surface area contributed by atoms with E-state index in [1.165, 1.54) is 16.4 Å². The molecule has 0 fully saturated rings. The summed E-state index contributed by atoms with van der Waals surface area (Å²) in [5.74, 6) is -0.394. The molecule has 2 aromatic rings. The SMILES string of the molecule is CCN(CC)S(=O)(=O)c1ccc(C2=NC(=Cc3ccc[nH]3)C(=O)O2)cc1. The molecule has 1 N–H and O–H groups in total. The number of benzene rings is 1. The summed E-state index contributed by atoms with van der Waals surface area (Å²) >= 11 is 0. The number of aliphatic imine (C=N–C) groups is 1. The Morgan fingerprint density at radius 2 is 1.85 bits per heavy atom. The molecule has 0 saturated heterocycles. The van der Waals surface area contributed by atoms with E-state index in [-0.39, 0.29) is 16.5 Å². The molecule has 7 nitrogen and oxygen atoms in total. The van der Waals surface area contributed by atoms with Gasteiger partial charge in [0.15, 0.2) is 5.70 Å². The van der Waals surface area contributed by atoms with Crippen LogP contribution < -0.4 is 0 Å². The van der Waals surface area contributed by atoms with Crippen molar-refractivity contribution in [2.24, 2.45) is 4.99 Å². The Kier molecular flexibility index (Phi) is 5.06. The molecular weight excluding hydrogens is 354 g/mol. The van der Waals surface area contributed by atoms with Gasteiger partial charge in [-0.25, -0.2) is 18.2 Å². The number of ether oxygens (including phenoxy) is 1. The molecule has 0 saturated carbocycles. The molecule has 1 aliphatic heterocycles. The van der Waals surface area contributed by atoms with Gasteiger partial charge in [0, 0.05) is 30.5 Å². The largest absolute Gasteiger partial charge is 0.402 e. The number of esters is 1. The minimum absolute atomic E-state index is 0.152. The number of hydrogen-bond acceptors (Lipinski definition) is 5. The van der Waals surface area contributed by atoms with E-state index in [0.717, 1.165) is 5.69 Å². The first-order valence-corrected chi connectivity index (χ1v) is 9.66. The molecule has 0 amide bonds. The molecule has 0 atom stereocenters. The van der Waals surface area contributed by atoms with Gasteiger partial charge in [-0.05, 0) is 42.5 Å². The number of aromatic nitrogens is 1. The maximum atomic E-state index is 12.5. The maximum Gasteiger partial charge on any atom is 0.363 e. The lowest BCUT2D eigenvalue weighted by molar-refractivity contribution is -0.129. The van der Waals surface area contributed by atoms with Crippen LogP contribution in [-0.4, -0.2) is 42.7 Å². The monoisotopic (exact) mass is 373 g/mol. The third kappa shape index (κ3) is 3.47. The van der Waals surface area contributed by atoms with E-state index in [1.54, 1.807) is 44.3 Å². The maximum absolute atomic E-state index is 12.5. The van der Waals surface area contributed by atoms with Gasteiger partial charge in [0.25, 0.3) is 0 Å². The van der Waals surface area contributed by atoms with Crippen LogP contribution in [0, 0.1) is 0 Å². The van der Waals surface area contributed by atoms with Gasteiger partial charge in [-0.15, -0.1) is 0 Å². The number of rotatable bonds is 6. The normalized spacial score (nSPS) is 16.2. The molecule has 0 unspecified atom stereocenters. The summed E-state index contributed by atoms with van der Waals surface area (Å²) in [5.41, 5.74) is 1.46. The Morgan fingerprint density at radius 1 is 1.15 bits per heavy atom. The Bertz CT molecular complexity index is 954. The van der Waals surface area contributed by atoms with E-state index in [0.29, 0.717) is 18.7 Å². The molecule has 3 rings (SSSR count).